The monoisotopic (exact) mass is 245 g/mol. The van der Waals surface area contributed by atoms with Crippen LogP contribution in [0.1, 0.15) is 25.7 Å². The molecule has 1 saturated carbocycles. The summed E-state index contributed by atoms with van der Waals surface area (Å²) >= 11 is 0. The lowest BCUT2D eigenvalue weighted by molar-refractivity contribution is -0.118. The Labute approximate surface area is 99.4 Å². The molecule has 1 aliphatic heterocycles. The Morgan fingerprint density at radius 1 is 1.31 bits per heavy atom. The van der Waals surface area contributed by atoms with Gasteiger partial charge < -0.3 is 10.5 Å². The van der Waals surface area contributed by atoms with Crippen LogP contribution >= 0.6 is 10.0 Å². The van der Waals surface area contributed by atoms with Crippen molar-refractivity contribution in [2.45, 2.75) is 31.8 Å². The number of carbonyl (C=O) groups excluding carboxylic acids is 1. The lowest BCUT2D eigenvalue weighted by Gasteiger charge is -2.28. The topological polar surface area (TPSA) is 52.3 Å². The molecule has 0 amide bonds. The molecular weight excluding hydrogens is 222 g/mol. The molecule has 16 heavy (non-hydrogen) atoms. The molecular formula is C12H23NO2S. The first kappa shape index (κ1) is 12.4. The molecule has 1 aliphatic carbocycles. The first-order valence-electron chi connectivity index (χ1n) is 6.22. The van der Waals surface area contributed by atoms with Crippen molar-refractivity contribution in [3.63, 3.8) is 0 Å². The molecule has 2 N–H and O–H groups in total. The van der Waals surface area contributed by atoms with Gasteiger partial charge in [0.25, 0.3) is 0 Å². The first-order valence-corrected chi connectivity index (χ1v) is 8.60. The second-order valence-electron chi connectivity index (χ2n) is 5.24. The van der Waals surface area contributed by atoms with Crippen LogP contribution in [-0.2, 0) is 9.53 Å². The van der Waals surface area contributed by atoms with E-state index in [1.165, 1.54) is 12.8 Å². The summed E-state index contributed by atoms with van der Waals surface area (Å²) in [5, 5.41) is 0.383. The molecule has 0 aromatic rings. The summed E-state index contributed by atoms with van der Waals surface area (Å²) in [4.78, 5) is 11.8. The van der Waals surface area contributed by atoms with Gasteiger partial charge in [-0.25, -0.2) is 0 Å². The highest BCUT2D eigenvalue weighted by Crippen LogP contribution is 2.58. The van der Waals surface area contributed by atoms with Crippen molar-refractivity contribution in [3.8, 4) is 0 Å². The highest BCUT2D eigenvalue weighted by molar-refractivity contribution is 8.50. The molecule has 2 rings (SSSR count). The van der Waals surface area contributed by atoms with Gasteiger partial charge in [-0.3, -0.25) is 4.79 Å². The quantitative estimate of drug-likeness (QED) is 0.764. The summed E-state index contributed by atoms with van der Waals surface area (Å²) in [6, 6.07) is 0. The van der Waals surface area contributed by atoms with Crippen LogP contribution in [0.15, 0.2) is 0 Å². The number of nitrogens with two attached hydrogens (primary N) is 1. The van der Waals surface area contributed by atoms with Gasteiger partial charge in [-0.05, 0) is 55.9 Å². The van der Waals surface area contributed by atoms with Crippen LogP contribution in [-0.4, -0.2) is 42.1 Å². The van der Waals surface area contributed by atoms with Crippen LogP contribution < -0.4 is 5.73 Å². The van der Waals surface area contributed by atoms with Gasteiger partial charge >= 0.3 is 0 Å². The van der Waals surface area contributed by atoms with Gasteiger partial charge in [-0.1, -0.05) is 0 Å². The van der Waals surface area contributed by atoms with E-state index in [9.17, 15) is 4.79 Å². The summed E-state index contributed by atoms with van der Waals surface area (Å²) in [5.41, 5.74) is 5.64. The van der Waals surface area contributed by atoms with E-state index in [4.69, 9.17) is 10.5 Å². The molecule has 4 heteroatoms. The fraction of sp³-hybridized carbons (Fsp3) is 0.917. The Balaban J connectivity index is 1.65. The second kappa shape index (κ2) is 5.07. The summed E-state index contributed by atoms with van der Waals surface area (Å²) in [6.45, 7) is 1.16. The van der Waals surface area contributed by atoms with E-state index in [1.807, 2.05) is 0 Å². The van der Waals surface area contributed by atoms with E-state index in [2.05, 4.69) is 6.26 Å². The Morgan fingerprint density at radius 3 is 2.44 bits per heavy atom. The van der Waals surface area contributed by atoms with Crippen molar-refractivity contribution in [1.29, 1.82) is 0 Å². The lowest BCUT2D eigenvalue weighted by atomic mass is 9.87. The molecule has 3 nitrogen and oxygen atoms in total. The molecule has 0 aromatic heterocycles. The number of hydrogen-bond donors (Lipinski definition) is 1. The van der Waals surface area contributed by atoms with Crippen LogP contribution in [0.2, 0.25) is 0 Å². The maximum absolute atomic E-state index is 11.8. The number of rotatable bonds is 4. The molecule has 0 bridgehead atoms. The zero-order valence-corrected chi connectivity index (χ0v) is 10.9. The zero-order chi connectivity index (χ0) is 11.6. The summed E-state index contributed by atoms with van der Waals surface area (Å²) < 4.78 is 5.73. The Hall–Kier alpha value is -0.0600. The van der Waals surface area contributed by atoms with Gasteiger partial charge in [0.1, 0.15) is 6.61 Å². The first-order chi connectivity index (χ1) is 7.64. The van der Waals surface area contributed by atoms with Crippen molar-refractivity contribution in [1.82, 2.24) is 0 Å². The molecule has 2 aliphatic rings. The van der Waals surface area contributed by atoms with E-state index in [1.54, 1.807) is 0 Å². The normalized spacial score (nSPS) is 34.4. The number of hydrogen-bond acceptors (Lipinski definition) is 3. The highest BCUT2D eigenvalue weighted by Gasteiger charge is 2.39. The predicted molar refractivity (Wildman–Crippen MR) is 69.0 cm³/mol. The van der Waals surface area contributed by atoms with Gasteiger partial charge in [0, 0.05) is 0 Å². The van der Waals surface area contributed by atoms with Crippen molar-refractivity contribution in [2.75, 3.05) is 30.9 Å². The molecule has 94 valence electrons. The fourth-order valence-electron chi connectivity index (χ4n) is 2.22. The minimum atomic E-state index is -0.853. The van der Waals surface area contributed by atoms with Crippen molar-refractivity contribution >= 4 is 15.1 Å². The molecule has 0 atom stereocenters. The van der Waals surface area contributed by atoms with Gasteiger partial charge in [0.15, 0.2) is 5.12 Å². The smallest absolute Gasteiger partial charge is 0.197 e. The van der Waals surface area contributed by atoms with Crippen molar-refractivity contribution in [3.05, 3.63) is 0 Å². The maximum Gasteiger partial charge on any atom is 0.197 e. The maximum atomic E-state index is 11.8. The van der Waals surface area contributed by atoms with Crippen LogP contribution in [0.4, 0.5) is 0 Å². The van der Waals surface area contributed by atoms with E-state index in [0.717, 1.165) is 30.9 Å². The van der Waals surface area contributed by atoms with Crippen molar-refractivity contribution in [2.24, 2.45) is 11.7 Å². The van der Waals surface area contributed by atoms with Crippen LogP contribution in [0.3, 0.4) is 0 Å². The average molecular weight is 245 g/mol. The third-order valence-corrected chi connectivity index (χ3v) is 6.78. The van der Waals surface area contributed by atoms with Crippen LogP contribution in [0.5, 0.6) is 0 Å². The standard InChI is InChI=1S/C12H23NO2S/c1-16(6-7-16)12(14)9-15-11-4-2-10(8-13)3-5-11/h10-11H,2-9,13H2,1H3. The summed E-state index contributed by atoms with van der Waals surface area (Å²) in [7, 11) is -0.853. The fourth-order valence-corrected chi connectivity index (χ4v) is 4.02. The van der Waals surface area contributed by atoms with E-state index in [0.29, 0.717) is 23.7 Å². The summed E-state index contributed by atoms with van der Waals surface area (Å²) in [6.07, 6.45) is 6.94. The van der Waals surface area contributed by atoms with E-state index in [-0.39, 0.29) is 0 Å². The molecule has 2 fully saturated rings. The molecule has 0 aromatic carbocycles. The molecule has 0 unspecified atom stereocenters. The summed E-state index contributed by atoms with van der Waals surface area (Å²) in [5.74, 6) is 2.95. The van der Waals surface area contributed by atoms with Crippen LogP contribution in [0.25, 0.3) is 0 Å². The minimum absolute atomic E-state index is 0.313. The predicted octanol–water partition coefficient (Wildman–Crippen LogP) is 1.50. The number of carbonyl (C=O) groups is 1. The zero-order valence-electron chi connectivity index (χ0n) is 10.1. The average Bonchev–Trinajstić information content (AvgIpc) is 3.06. The van der Waals surface area contributed by atoms with Crippen LogP contribution in [0, 0.1) is 5.92 Å². The van der Waals surface area contributed by atoms with Crippen molar-refractivity contribution < 1.29 is 9.53 Å². The Kier molecular flexibility index (Phi) is 3.93. The third kappa shape index (κ3) is 2.99. The van der Waals surface area contributed by atoms with Gasteiger partial charge in [0.2, 0.25) is 0 Å². The van der Waals surface area contributed by atoms with Gasteiger partial charge in [-0.2, -0.15) is 10.0 Å². The third-order valence-electron chi connectivity index (χ3n) is 3.93. The minimum Gasteiger partial charge on any atom is -0.370 e. The molecule has 0 radical (unpaired) electrons. The molecule has 0 spiro atoms. The highest BCUT2D eigenvalue weighted by atomic mass is 32.3. The largest absolute Gasteiger partial charge is 0.370 e. The van der Waals surface area contributed by atoms with Gasteiger partial charge in [0.05, 0.1) is 6.10 Å². The second-order valence-corrected chi connectivity index (χ2v) is 9.06. The molecule has 1 saturated heterocycles. The molecule has 1 heterocycles. The Bertz CT molecular complexity index is 258. The Morgan fingerprint density at radius 2 is 1.94 bits per heavy atom. The lowest BCUT2D eigenvalue weighted by Crippen LogP contribution is -2.27. The SMILES string of the molecule is CS1(C(=O)COC2CCC(CN)CC2)CC1. The van der Waals surface area contributed by atoms with Gasteiger partial charge in [-0.15, -0.1) is 0 Å². The van der Waals surface area contributed by atoms with E-state index >= 15 is 0 Å². The number of ether oxygens (including phenoxy) is 1. The van der Waals surface area contributed by atoms with E-state index < -0.39 is 10.0 Å².